The molecule has 1 rings (SSSR count). The van der Waals surface area contributed by atoms with Crippen LogP contribution >= 0.6 is 0 Å². The number of aryl methyl sites for hydroxylation is 1. The molecular formula is C13H18N2O3. The second kappa shape index (κ2) is 6.14. The number of carboxylic acids is 1. The van der Waals surface area contributed by atoms with Crippen LogP contribution in [-0.4, -0.2) is 28.0 Å². The summed E-state index contributed by atoms with van der Waals surface area (Å²) in [6.45, 7) is 5.41. The Hall–Kier alpha value is -1.91. The van der Waals surface area contributed by atoms with E-state index < -0.39 is 17.9 Å². The maximum Gasteiger partial charge on any atom is 0.326 e. The van der Waals surface area contributed by atoms with Gasteiger partial charge in [-0.3, -0.25) is 9.78 Å². The highest BCUT2D eigenvalue weighted by molar-refractivity contribution is 5.97. The largest absolute Gasteiger partial charge is 0.480 e. The number of nitrogens with one attached hydrogen (secondary N) is 1. The quantitative estimate of drug-likeness (QED) is 0.832. The zero-order valence-electron chi connectivity index (χ0n) is 10.8. The molecule has 0 aromatic carbocycles. The number of hydrogen-bond acceptors (Lipinski definition) is 3. The van der Waals surface area contributed by atoms with E-state index in [1.54, 1.807) is 32.2 Å². The molecule has 1 heterocycles. The van der Waals surface area contributed by atoms with Gasteiger partial charge in [0, 0.05) is 11.9 Å². The van der Waals surface area contributed by atoms with E-state index in [4.69, 9.17) is 5.11 Å². The van der Waals surface area contributed by atoms with Crippen molar-refractivity contribution >= 4 is 11.9 Å². The molecule has 0 aliphatic carbocycles. The van der Waals surface area contributed by atoms with Crippen molar-refractivity contribution in [3.05, 3.63) is 29.6 Å². The Morgan fingerprint density at radius 3 is 2.67 bits per heavy atom. The number of amides is 1. The lowest BCUT2D eigenvalue weighted by molar-refractivity contribution is -0.140. The van der Waals surface area contributed by atoms with E-state index in [2.05, 4.69) is 10.3 Å². The smallest absolute Gasteiger partial charge is 0.326 e. The highest BCUT2D eigenvalue weighted by Gasteiger charge is 2.26. The molecule has 2 atom stereocenters. The van der Waals surface area contributed by atoms with E-state index in [0.29, 0.717) is 17.7 Å². The van der Waals surface area contributed by atoms with Crippen LogP contribution in [0.25, 0.3) is 0 Å². The number of hydrogen-bond donors (Lipinski definition) is 2. The van der Waals surface area contributed by atoms with E-state index in [9.17, 15) is 9.59 Å². The van der Waals surface area contributed by atoms with Crippen LogP contribution in [0.5, 0.6) is 0 Å². The molecule has 0 aliphatic heterocycles. The number of aromatic nitrogens is 1. The molecule has 5 nitrogen and oxygen atoms in total. The molecule has 0 spiro atoms. The molecule has 0 aliphatic rings. The Morgan fingerprint density at radius 2 is 2.17 bits per heavy atom. The number of rotatable bonds is 5. The second-order valence-electron chi connectivity index (χ2n) is 4.31. The molecule has 0 unspecified atom stereocenters. The highest BCUT2D eigenvalue weighted by atomic mass is 16.4. The van der Waals surface area contributed by atoms with Gasteiger partial charge < -0.3 is 10.4 Å². The third-order valence-corrected chi connectivity index (χ3v) is 3.02. The van der Waals surface area contributed by atoms with Crippen molar-refractivity contribution in [3.8, 4) is 0 Å². The van der Waals surface area contributed by atoms with E-state index in [-0.39, 0.29) is 5.92 Å². The molecule has 0 radical (unpaired) electrons. The standard InChI is InChI=1S/C13H18N2O3/c1-4-8(2)11(13(17)18)15-12(16)10-6-5-7-14-9(10)3/h5-8,11H,4H2,1-3H3,(H,15,16)(H,17,18)/t8-,11-/m0/s1. The van der Waals surface area contributed by atoms with Crippen molar-refractivity contribution in [3.63, 3.8) is 0 Å². The van der Waals surface area contributed by atoms with Crippen molar-refractivity contribution in [1.29, 1.82) is 0 Å². The molecule has 0 saturated heterocycles. The van der Waals surface area contributed by atoms with Crippen LogP contribution in [0.2, 0.25) is 0 Å². The summed E-state index contributed by atoms with van der Waals surface area (Å²) in [7, 11) is 0. The molecule has 1 amide bonds. The maximum absolute atomic E-state index is 12.0. The van der Waals surface area contributed by atoms with Gasteiger partial charge in [-0.25, -0.2) is 4.79 Å². The van der Waals surface area contributed by atoms with Crippen molar-refractivity contribution in [1.82, 2.24) is 10.3 Å². The minimum Gasteiger partial charge on any atom is -0.480 e. The number of pyridine rings is 1. The number of carboxylic acid groups (broad SMARTS) is 1. The molecule has 1 aromatic rings. The van der Waals surface area contributed by atoms with Crippen LogP contribution in [0.4, 0.5) is 0 Å². The Labute approximate surface area is 106 Å². The fourth-order valence-electron chi connectivity index (χ4n) is 1.63. The van der Waals surface area contributed by atoms with E-state index in [1.807, 2.05) is 6.92 Å². The summed E-state index contributed by atoms with van der Waals surface area (Å²) in [6.07, 6.45) is 2.28. The number of carbonyl (C=O) groups is 2. The van der Waals surface area contributed by atoms with Gasteiger partial charge in [0.2, 0.25) is 0 Å². The SMILES string of the molecule is CC[C@H](C)[C@H](NC(=O)c1cccnc1C)C(=O)O. The molecule has 0 bridgehead atoms. The van der Waals surface area contributed by atoms with Gasteiger partial charge in [-0.2, -0.15) is 0 Å². The van der Waals surface area contributed by atoms with Gasteiger partial charge in [-0.05, 0) is 25.0 Å². The molecule has 5 heteroatoms. The molecule has 2 N–H and O–H groups in total. The first kappa shape index (κ1) is 14.2. The minimum absolute atomic E-state index is 0.122. The van der Waals surface area contributed by atoms with Gasteiger partial charge >= 0.3 is 5.97 Å². The fourth-order valence-corrected chi connectivity index (χ4v) is 1.63. The zero-order valence-corrected chi connectivity index (χ0v) is 10.8. The van der Waals surface area contributed by atoms with Gasteiger partial charge in [0.1, 0.15) is 6.04 Å². The molecule has 98 valence electrons. The normalized spacial score (nSPS) is 13.7. The predicted octanol–water partition coefficient (Wildman–Crippen LogP) is 1.62. The van der Waals surface area contributed by atoms with Crippen molar-refractivity contribution in [2.75, 3.05) is 0 Å². The molecule has 18 heavy (non-hydrogen) atoms. The topological polar surface area (TPSA) is 79.3 Å². The third kappa shape index (κ3) is 3.29. The first-order valence-electron chi connectivity index (χ1n) is 5.92. The summed E-state index contributed by atoms with van der Waals surface area (Å²) < 4.78 is 0. The fraction of sp³-hybridized carbons (Fsp3) is 0.462. The van der Waals surface area contributed by atoms with Crippen LogP contribution in [0, 0.1) is 12.8 Å². The summed E-state index contributed by atoms with van der Waals surface area (Å²) in [4.78, 5) is 27.1. The number of carbonyl (C=O) groups excluding carboxylic acids is 1. The van der Waals surface area contributed by atoms with Crippen LogP contribution in [0.15, 0.2) is 18.3 Å². The second-order valence-corrected chi connectivity index (χ2v) is 4.31. The summed E-state index contributed by atoms with van der Waals surface area (Å²) in [5, 5.41) is 11.7. The van der Waals surface area contributed by atoms with Crippen molar-refractivity contribution in [2.24, 2.45) is 5.92 Å². The lowest BCUT2D eigenvalue weighted by Crippen LogP contribution is -2.45. The first-order valence-corrected chi connectivity index (χ1v) is 5.92. The summed E-state index contributed by atoms with van der Waals surface area (Å²) >= 11 is 0. The van der Waals surface area contributed by atoms with Crippen LogP contribution in [-0.2, 0) is 4.79 Å². The lowest BCUT2D eigenvalue weighted by atomic mass is 9.99. The molecule has 0 fully saturated rings. The monoisotopic (exact) mass is 250 g/mol. The van der Waals surface area contributed by atoms with Gasteiger partial charge in [0.25, 0.3) is 5.91 Å². The lowest BCUT2D eigenvalue weighted by Gasteiger charge is -2.20. The summed E-state index contributed by atoms with van der Waals surface area (Å²) in [5.74, 6) is -1.53. The first-order chi connectivity index (χ1) is 8.47. The van der Waals surface area contributed by atoms with Crippen molar-refractivity contribution in [2.45, 2.75) is 33.2 Å². The molecule has 0 saturated carbocycles. The molecule has 1 aromatic heterocycles. The zero-order chi connectivity index (χ0) is 13.7. The summed E-state index contributed by atoms with van der Waals surface area (Å²) in [5.41, 5.74) is 0.996. The third-order valence-electron chi connectivity index (χ3n) is 3.02. The summed E-state index contributed by atoms with van der Waals surface area (Å²) in [6, 6.07) is 2.41. The maximum atomic E-state index is 12.0. The Kier molecular flexibility index (Phi) is 4.83. The van der Waals surface area contributed by atoms with Gasteiger partial charge in [-0.1, -0.05) is 20.3 Å². The average Bonchev–Trinajstić information content (AvgIpc) is 2.35. The minimum atomic E-state index is -1.01. The van der Waals surface area contributed by atoms with Gasteiger partial charge in [0.15, 0.2) is 0 Å². The number of nitrogens with zero attached hydrogens (tertiary/aromatic N) is 1. The van der Waals surface area contributed by atoms with Gasteiger partial charge in [0.05, 0.1) is 5.56 Å². The Bertz CT molecular complexity index is 446. The van der Waals surface area contributed by atoms with Crippen LogP contribution < -0.4 is 5.32 Å². The highest BCUT2D eigenvalue weighted by Crippen LogP contribution is 2.10. The predicted molar refractivity (Wildman–Crippen MR) is 67.3 cm³/mol. The Morgan fingerprint density at radius 1 is 1.50 bits per heavy atom. The van der Waals surface area contributed by atoms with Crippen molar-refractivity contribution < 1.29 is 14.7 Å². The average molecular weight is 250 g/mol. The van der Waals surface area contributed by atoms with E-state index >= 15 is 0 Å². The Balaban J connectivity index is 2.86. The van der Waals surface area contributed by atoms with Crippen LogP contribution in [0.3, 0.4) is 0 Å². The van der Waals surface area contributed by atoms with E-state index in [0.717, 1.165) is 0 Å². The molecular weight excluding hydrogens is 232 g/mol. The van der Waals surface area contributed by atoms with Crippen LogP contribution in [0.1, 0.15) is 36.3 Å². The number of aliphatic carboxylic acids is 1. The van der Waals surface area contributed by atoms with E-state index in [1.165, 1.54) is 0 Å². The van der Waals surface area contributed by atoms with Gasteiger partial charge in [-0.15, -0.1) is 0 Å².